The highest BCUT2D eigenvalue weighted by molar-refractivity contribution is 6.15. The number of carbonyl (C=O) groups excluding carboxylic acids is 1. The van der Waals surface area contributed by atoms with Crippen LogP contribution >= 0.6 is 0 Å². The minimum Gasteiger partial charge on any atom is -0.504 e. The molecule has 0 unspecified atom stereocenters. The van der Waals surface area contributed by atoms with Gasteiger partial charge in [0.1, 0.15) is 0 Å². The lowest BCUT2D eigenvalue weighted by molar-refractivity contribution is -0.137. The van der Waals surface area contributed by atoms with E-state index in [1.54, 1.807) is 0 Å². The van der Waals surface area contributed by atoms with E-state index >= 15 is 0 Å². The van der Waals surface area contributed by atoms with E-state index in [1.165, 1.54) is 30.3 Å². The van der Waals surface area contributed by atoms with E-state index in [1.807, 2.05) is 0 Å². The predicted octanol–water partition coefficient (Wildman–Crippen LogP) is 3.94. The zero-order valence-corrected chi connectivity index (χ0v) is 11.7. The van der Waals surface area contributed by atoms with Crippen LogP contribution in [0.3, 0.4) is 0 Å². The zero-order chi connectivity index (χ0) is 16.8. The van der Waals surface area contributed by atoms with E-state index < -0.39 is 11.7 Å². The van der Waals surface area contributed by atoms with Crippen LogP contribution in [0.5, 0.6) is 11.5 Å². The molecule has 0 atom stereocenters. The van der Waals surface area contributed by atoms with Crippen LogP contribution in [0.15, 0.2) is 42.0 Å². The van der Waals surface area contributed by atoms with Crippen LogP contribution in [-0.4, -0.2) is 16.0 Å². The van der Waals surface area contributed by atoms with Gasteiger partial charge in [0.25, 0.3) is 0 Å². The molecule has 0 saturated carbocycles. The fraction of sp³-hybridized carbons (Fsp3) is 0.118. The molecule has 0 fully saturated rings. The molecule has 6 heteroatoms. The molecule has 0 bridgehead atoms. The highest BCUT2D eigenvalue weighted by Crippen LogP contribution is 2.36. The number of allylic oxidation sites excluding steroid dienone is 1. The summed E-state index contributed by atoms with van der Waals surface area (Å²) >= 11 is 0. The van der Waals surface area contributed by atoms with Crippen LogP contribution in [0.1, 0.15) is 27.0 Å². The molecule has 0 amide bonds. The molecule has 0 radical (unpaired) electrons. The van der Waals surface area contributed by atoms with Crippen molar-refractivity contribution in [3.05, 3.63) is 64.2 Å². The Hall–Kier alpha value is -2.76. The largest absolute Gasteiger partial charge is 0.504 e. The van der Waals surface area contributed by atoms with Crippen molar-refractivity contribution in [2.75, 3.05) is 0 Å². The summed E-state index contributed by atoms with van der Waals surface area (Å²) in [6, 6.07) is 7.01. The number of ketones is 1. The van der Waals surface area contributed by atoms with Gasteiger partial charge in [-0.25, -0.2) is 0 Å². The minimum atomic E-state index is -4.40. The molecule has 2 aromatic rings. The van der Waals surface area contributed by atoms with Crippen LogP contribution < -0.4 is 0 Å². The van der Waals surface area contributed by atoms with Crippen LogP contribution in [0.25, 0.3) is 6.08 Å². The maximum absolute atomic E-state index is 12.5. The number of hydrogen-bond acceptors (Lipinski definition) is 3. The Balaban J connectivity index is 1.91. The van der Waals surface area contributed by atoms with Gasteiger partial charge in [0.05, 0.1) is 5.56 Å². The Labute approximate surface area is 129 Å². The number of hydrogen-bond donors (Lipinski definition) is 2. The zero-order valence-electron chi connectivity index (χ0n) is 11.7. The van der Waals surface area contributed by atoms with Crippen LogP contribution in [0.4, 0.5) is 13.2 Å². The van der Waals surface area contributed by atoms with E-state index in [-0.39, 0.29) is 23.7 Å². The van der Waals surface area contributed by atoms with Gasteiger partial charge in [0.2, 0.25) is 0 Å². The quantitative estimate of drug-likeness (QED) is 0.618. The SMILES string of the molecule is O=C1C(=Cc2ccc(C(F)(F)F)cc2)Cc2cc(O)c(O)cc21. The second-order valence-electron chi connectivity index (χ2n) is 5.29. The summed E-state index contributed by atoms with van der Waals surface area (Å²) in [7, 11) is 0. The lowest BCUT2D eigenvalue weighted by Gasteiger charge is -2.06. The first-order chi connectivity index (χ1) is 10.8. The van der Waals surface area contributed by atoms with Crippen molar-refractivity contribution in [2.24, 2.45) is 0 Å². The molecule has 2 N–H and O–H groups in total. The van der Waals surface area contributed by atoms with E-state index in [2.05, 4.69) is 0 Å². The van der Waals surface area contributed by atoms with Crippen LogP contribution in [0.2, 0.25) is 0 Å². The molecule has 0 spiro atoms. The number of Topliss-reactive ketones (excluding diaryl/α,β-unsaturated/α-hetero) is 1. The number of aromatic hydroxyl groups is 2. The van der Waals surface area contributed by atoms with Gasteiger partial charge >= 0.3 is 6.18 Å². The van der Waals surface area contributed by atoms with Gasteiger partial charge in [-0.3, -0.25) is 4.79 Å². The summed E-state index contributed by atoms with van der Waals surface area (Å²) in [4.78, 5) is 12.2. The molecular weight excluding hydrogens is 309 g/mol. The lowest BCUT2D eigenvalue weighted by Crippen LogP contribution is -2.04. The average Bonchev–Trinajstić information content (AvgIpc) is 2.76. The predicted molar refractivity (Wildman–Crippen MR) is 77.2 cm³/mol. The topological polar surface area (TPSA) is 57.5 Å². The fourth-order valence-corrected chi connectivity index (χ4v) is 2.52. The molecule has 0 heterocycles. The van der Waals surface area contributed by atoms with E-state index in [9.17, 15) is 28.2 Å². The van der Waals surface area contributed by atoms with E-state index in [0.29, 0.717) is 22.3 Å². The maximum atomic E-state index is 12.5. The molecule has 1 aliphatic carbocycles. The van der Waals surface area contributed by atoms with E-state index in [4.69, 9.17) is 0 Å². The number of phenols is 2. The second-order valence-corrected chi connectivity index (χ2v) is 5.29. The number of rotatable bonds is 1. The average molecular weight is 320 g/mol. The summed E-state index contributed by atoms with van der Waals surface area (Å²) < 4.78 is 37.6. The maximum Gasteiger partial charge on any atom is 0.416 e. The number of phenolic OH excluding ortho intramolecular Hbond substituents is 2. The molecule has 0 saturated heterocycles. The molecule has 0 aliphatic heterocycles. The highest BCUT2D eigenvalue weighted by atomic mass is 19.4. The first-order valence-electron chi connectivity index (χ1n) is 6.73. The summed E-state index contributed by atoms with van der Waals surface area (Å²) in [6.07, 6.45) is -2.64. The smallest absolute Gasteiger partial charge is 0.416 e. The van der Waals surface area contributed by atoms with Crippen LogP contribution in [-0.2, 0) is 12.6 Å². The van der Waals surface area contributed by atoms with Crippen molar-refractivity contribution in [3.8, 4) is 11.5 Å². The summed E-state index contributed by atoms with van der Waals surface area (Å²) in [5.41, 5.74) is 0.977. The Bertz CT molecular complexity index is 818. The Kier molecular flexibility index (Phi) is 3.39. The van der Waals surface area contributed by atoms with Gasteiger partial charge in [-0.05, 0) is 41.5 Å². The molecule has 0 aromatic heterocycles. The second kappa shape index (κ2) is 5.15. The highest BCUT2D eigenvalue weighted by Gasteiger charge is 2.30. The Morgan fingerprint density at radius 2 is 1.61 bits per heavy atom. The number of halogens is 3. The van der Waals surface area contributed by atoms with Crippen molar-refractivity contribution in [1.29, 1.82) is 0 Å². The van der Waals surface area contributed by atoms with Crippen molar-refractivity contribution in [2.45, 2.75) is 12.6 Å². The first kappa shape index (κ1) is 15.1. The van der Waals surface area contributed by atoms with Gasteiger partial charge in [-0.15, -0.1) is 0 Å². The first-order valence-corrected chi connectivity index (χ1v) is 6.73. The molecule has 23 heavy (non-hydrogen) atoms. The van der Waals surface area contributed by atoms with Crippen molar-refractivity contribution < 1.29 is 28.2 Å². The summed E-state index contributed by atoms with van der Waals surface area (Å²) in [6.45, 7) is 0. The number of carbonyl (C=O) groups is 1. The fourth-order valence-electron chi connectivity index (χ4n) is 2.52. The van der Waals surface area contributed by atoms with Gasteiger partial charge in [0, 0.05) is 17.6 Å². The lowest BCUT2D eigenvalue weighted by atomic mass is 10.1. The van der Waals surface area contributed by atoms with Crippen molar-refractivity contribution in [3.63, 3.8) is 0 Å². The summed E-state index contributed by atoms with van der Waals surface area (Å²) in [5.74, 6) is -1.00. The van der Waals surface area contributed by atoms with E-state index in [0.717, 1.165) is 12.1 Å². The summed E-state index contributed by atoms with van der Waals surface area (Å²) in [5, 5.41) is 18.9. The molecule has 3 nitrogen and oxygen atoms in total. The van der Waals surface area contributed by atoms with Gasteiger partial charge < -0.3 is 10.2 Å². The Morgan fingerprint density at radius 1 is 1.00 bits per heavy atom. The van der Waals surface area contributed by atoms with Crippen molar-refractivity contribution in [1.82, 2.24) is 0 Å². The third kappa shape index (κ3) is 2.79. The normalized spacial score (nSPS) is 16.0. The monoisotopic (exact) mass is 320 g/mol. The number of benzene rings is 2. The molecule has 118 valence electrons. The molecule has 3 rings (SSSR count). The van der Waals surface area contributed by atoms with Gasteiger partial charge in [-0.1, -0.05) is 12.1 Å². The van der Waals surface area contributed by atoms with Crippen molar-refractivity contribution >= 4 is 11.9 Å². The molecular formula is C17H11F3O3. The Morgan fingerprint density at radius 3 is 2.22 bits per heavy atom. The molecule has 2 aromatic carbocycles. The van der Waals surface area contributed by atoms with Gasteiger partial charge in [0.15, 0.2) is 17.3 Å². The third-order valence-electron chi connectivity index (χ3n) is 3.70. The number of fused-ring (bicyclic) bond motifs is 1. The van der Waals surface area contributed by atoms with Crippen LogP contribution in [0, 0.1) is 0 Å². The standard InChI is InChI=1S/C17H11F3O3/c18-17(19,20)12-3-1-9(2-4-12)5-11-6-10-7-14(21)15(22)8-13(10)16(11)23/h1-5,7-8,21-22H,6H2. The van der Waals surface area contributed by atoms with Gasteiger partial charge in [-0.2, -0.15) is 13.2 Å². The molecule has 1 aliphatic rings. The minimum absolute atomic E-state index is 0.253. The number of alkyl halides is 3. The third-order valence-corrected chi connectivity index (χ3v) is 3.70.